The molecule has 1 fully saturated rings. The molecule has 0 bridgehead atoms. The third-order valence-electron chi connectivity index (χ3n) is 2.45. The number of hydrogen-bond donors (Lipinski definition) is 3. The van der Waals surface area contributed by atoms with E-state index in [1.54, 1.807) is 18.7 Å². The van der Waals surface area contributed by atoms with E-state index in [2.05, 4.69) is 5.32 Å². The zero-order valence-electron chi connectivity index (χ0n) is 8.32. The van der Waals surface area contributed by atoms with Gasteiger partial charge in [0.2, 0.25) is 0 Å². The number of carboxylic acid groups (broad SMARTS) is 1. The lowest BCUT2D eigenvalue weighted by atomic mass is 9.94. The molecule has 14 heavy (non-hydrogen) atoms. The summed E-state index contributed by atoms with van der Waals surface area (Å²) >= 11 is 1.66. The second-order valence-electron chi connectivity index (χ2n) is 3.77. The minimum atomic E-state index is -0.828. The van der Waals surface area contributed by atoms with E-state index in [9.17, 15) is 9.90 Å². The molecule has 1 saturated heterocycles. The van der Waals surface area contributed by atoms with Gasteiger partial charge in [-0.15, -0.1) is 0 Å². The highest BCUT2D eigenvalue weighted by Gasteiger charge is 2.40. The Labute approximate surface area is 88.1 Å². The van der Waals surface area contributed by atoms with Gasteiger partial charge in [-0.25, -0.2) is 0 Å². The number of aliphatic hydroxyl groups is 1. The first-order chi connectivity index (χ1) is 6.60. The lowest BCUT2D eigenvalue weighted by molar-refractivity contribution is -0.144. The molecule has 1 heterocycles. The fourth-order valence-corrected chi connectivity index (χ4v) is 2.85. The molecule has 0 aromatic carbocycles. The summed E-state index contributed by atoms with van der Waals surface area (Å²) in [5, 5.41) is 21.1. The summed E-state index contributed by atoms with van der Waals surface area (Å²) in [6, 6.07) is -0.162. The van der Waals surface area contributed by atoms with Crippen LogP contribution >= 0.6 is 11.8 Å². The molecule has 0 aliphatic carbocycles. The highest BCUT2D eigenvalue weighted by molar-refractivity contribution is 7.99. The quantitative estimate of drug-likeness (QED) is 0.635. The van der Waals surface area contributed by atoms with Crippen LogP contribution in [0, 0.1) is 0 Å². The zero-order valence-corrected chi connectivity index (χ0v) is 9.14. The maximum Gasteiger partial charge on any atom is 0.324 e. The Morgan fingerprint density at radius 2 is 2.43 bits per heavy atom. The molecule has 0 radical (unpaired) electrons. The van der Waals surface area contributed by atoms with E-state index in [0.29, 0.717) is 12.2 Å². The van der Waals surface area contributed by atoms with Crippen LogP contribution in [0.3, 0.4) is 0 Å². The highest BCUT2D eigenvalue weighted by atomic mass is 32.2. The number of carboxylic acids is 1. The van der Waals surface area contributed by atoms with Crippen LogP contribution in [-0.2, 0) is 4.79 Å². The van der Waals surface area contributed by atoms with Crippen LogP contribution in [0.1, 0.15) is 19.8 Å². The molecule has 2 unspecified atom stereocenters. The second kappa shape index (κ2) is 5.00. The topological polar surface area (TPSA) is 69.6 Å². The standard InChI is InChI=1S/C9H17NO3S/c1-7(5-11)10-9(8(12)13)3-2-4-14-6-9/h7,10-11H,2-6H2,1H3,(H,12,13). The maximum atomic E-state index is 11.2. The molecule has 4 nitrogen and oxygen atoms in total. The largest absolute Gasteiger partial charge is 0.480 e. The summed E-state index contributed by atoms with van der Waals surface area (Å²) < 4.78 is 0. The van der Waals surface area contributed by atoms with Gasteiger partial charge in [-0.2, -0.15) is 11.8 Å². The van der Waals surface area contributed by atoms with Crippen molar-refractivity contribution in [2.45, 2.75) is 31.3 Å². The minimum Gasteiger partial charge on any atom is -0.480 e. The van der Waals surface area contributed by atoms with Gasteiger partial charge in [0.25, 0.3) is 0 Å². The number of aliphatic carboxylic acids is 1. The van der Waals surface area contributed by atoms with Crippen LogP contribution in [0.2, 0.25) is 0 Å². The van der Waals surface area contributed by atoms with Crippen molar-refractivity contribution in [2.24, 2.45) is 0 Å². The fourth-order valence-electron chi connectivity index (χ4n) is 1.66. The third kappa shape index (κ3) is 2.62. The summed E-state index contributed by atoms with van der Waals surface area (Å²) in [4.78, 5) is 11.2. The van der Waals surface area contributed by atoms with E-state index >= 15 is 0 Å². The highest BCUT2D eigenvalue weighted by Crippen LogP contribution is 2.27. The van der Waals surface area contributed by atoms with Gasteiger partial charge in [-0.05, 0) is 25.5 Å². The van der Waals surface area contributed by atoms with Crippen molar-refractivity contribution in [3.05, 3.63) is 0 Å². The smallest absolute Gasteiger partial charge is 0.324 e. The Morgan fingerprint density at radius 3 is 2.86 bits per heavy atom. The number of aliphatic hydroxyl groups excluding tert-OH is 1. The second-order valence-corrected chi connectivity index (χ2v) is 4.88. The van der Waals surface area contributed by atoms with Crippen LogP contribution in [0.4, 0.5) is 0 Å². The minimum absolute atomic E-state index is 0.0281. The first-order valence-electron chi connectivity index (χ1n) is 4.80. The van der Waals surface area contributed by atoms with Crippen LogP contribution in [-0.4, -0.2) is 45.9 Å². The van der Waals surface area contributed by atoms with Crippen molar-refractivity contribution in [1.82, 2.24) is 5.32 Å². The Morgan fingerprint density at radius 1 is 1.71 bits per heavy atom. The van der Waals surface area contributed by atoms with E-state index in [0.717, 1.165) is 12.2 Å². The molecule has 82 valence electrons. The zero-order chi connectivity index (χ0) is 10.6. The molecule has 0 amide bonds. The lowest BCUT2D eigenvalue weighted by Crippen LogP contribution is -2.59. The van der Waals surface area contributed by atoms with Gasteiger partial charge >= 0.3 is 5.97 Å². The number of rotatable bonds is 4. The van der Waals surface area contributed by atoms with Crippen molar-refractivity contribution in [3.63, 3.8) is 0 Å². The molecular weight excluding hydrogens is 202 g/mol. The molecule has 1 rings (SSSR count). The van der Waals surface area contributed by atoms with E-state index in [1.807, 2.05) is 0 Å². The molecule has 0 aromatic heterocycles. The van der Waals surface area contributed by atoms with Crippen molar-refractivity contribution >= 4 is 17.7 Å². The number of hydrogen-bond acceptors (Lipinski definition) is 4. The number of nitrogens with one attached hydrogen (secondary N) is 1. The van der Waals surface area contributed by atoms with E-state index < -0.39 is 11.5 Å². The summed E-state index contributed by atoms with van der Waals surface area (Å²) in [6.07, 6.45) is 1.57. The van der Waals surface area contributed by atoms with E-state index in [4.69, 9.17) is 5.11 Å². The van der Waals surface area contributed by atoms with E-state index in [-0.39, 0.29) is 12.6 Å². The van der Waals surface area contributed by atoms with Gasteiger partial charge in [-0.3, -0.25) is 10.1 Å². The average molecular weight is 219 g/mol. The predicted octanol–water partition coefficient (Wildman–Crippen LogP) is 0.307. The molecule has 1 aliphatic rings. The fraction of sp³-hybridized carbons (Fsp3) is 0.889. The van der Waals surface area contributed by atoms with Crippen LogP contribution in [0.5, 0.6) is 0 Å². The third-order valence-corrected chi connectivity index (χ3v) is 3.72. The van der Waals surface area contributed by atoms with Crippen LogP contribution in [0.15, 0.2) is 0 Å². The molecule has 5 heteroatoms. The summed E-state index contributed by atoms with van der Waals surface area (Å²) in [7, 11) is 0. The summed E-state index contributed by atoms with van der Waals surface area (Å²) in [5.41, 5.74) is -0.828. The number of carbonyl (C=O) groups is 1. The van der Waals surface area contributed by atoms with Gasteiger partial charge in [0.1, 0.15) is 5.54 Å². The van der Waals surface area contributed by atoms with Gasteiger partial charge in [0.05, 0.1) is 6.61 Å². The predicted molar refractivity (Wildman–Crippen MR) is 56.6 cm³/mol. The lowest BCUT2D eigenvalue weighted by Gasteiger charge is -2.35. The van der Waals surface area contributed by atoms with Gasteiger partial charge < -0.3 is 10.2 Å². The Bertz CT molecular complexity index is 204. The number of thioether (sulfide) groups is 1. The monoisotopic (exact) mass is 219 g/mol. The van der Waals surface area contributed by atoms with Crippen LogP contribution in [0.25, 0.3) is 0 Å². The van der Waals surface area contributed by atoms with Crippen molar-refractivity contribution in [1.29, 1.82) is 0 Å². The Balaban J connectivity index is 2.65. The molecule has 2 atom stereocenters. The van der Waals surface area contributed by atoms with Gasteiger partial charge in [0, 0.05) is 11.8 Å². The average Bonchev–Trinajstić information content (AvgIpc) is 2.19. The first-order valence-corrected chi connectivity index (χ1v) is 5.96. The molecule has 0 saturated carbocycles. The molecule has 3 N–H and O–H groups in total. The maximum absolute atomic E-state index is 11.2. The molecule has 0 spiro atoms. The normalized spacial score (nSPS) is 29.9. The summed E-state index contributed by atoms with van der Waals surface area (Å²) in [6.45, 7) is 1.77. The molecule has 1 aliphatic heterocycles. The van der Waals surface area contributed by atoms with Crippen molar-refractivity contribution in [2.75, 3.05) is 18.1 Å². The molecular formula is C9H17NO3S. The van der Waals surface area contributed by atoms with Crippen molar-refractivity contribution in [3.8, 4) is 0 Å². The van der Waals surface area contributed by atoms with Gasteiger partial charge in [0.15, 0.2) is 0 Å². The SMILES string of the molecule is CC(CO)NC1(C(=O)O)CCCSC1. The van der Waals surface area contributed by atoms with Crippen molar-refractivity contribution < 1.29 is 15.0 Å². The first kappa shape index (κ1) is 11.8. The van der Waals surface area contributed by atoms with Gasteiger partial charge in [-0.1, -0.05) is 0 Å². The Hall–Kier alpha value is -0.260. The van der Waals surface area contributed by atoms with Crippen LogP contribution < -0.4 is 5.32 Å². The van der Waals surface area contributed by atoms with E-state index in [1.165, 1.54) is 0 Å². The molecule has 0 aromatic rings. The summed E-state index contributed by atoms with van der Waals surface area (Å²) in [5.74, 6) is 0.821. The Kier molecular flexibility index (Phi) is 4.22.